The van der Waals surface area contributed by atoms with Crippen LogP contribution in [-0.4, -0.2) is 6.54 Å². The summed E-state index contributed by atoms with van der Waals surface area (Å²) in [5.74, 6) is 0. The van der Waals surface area contributed by atoms with Crippen molar-refractivity contribution in [2.24, 2.45) is 0 Å². The third-order valence-corrected chi connectivity index (χ3v) is 4.25. The molecule has 21 heavy (non-hydrogen) atoms. The second-order valence-corrected chi connectivity index (χ2v) is 6.39. The second kappa shape index (κ2) is 6.91. The maximum atomic E-state index is 3.74. The van der Waals surface area contributed by atoms with Crippen molar-refractivity contribution in [3.8, 4) is 0 Å². The molecule has 1 N–H and O–H groups in total. The Morgan fingerprint density at radius 3 is 2.14 bits per heavy atom. The minimum atomic E-state index is 0.0473. The lowest BCUT2D eigenvalue weighted by molar-refractivity contribution is 0.348. The van der Waals surface area contributed by atoms with E-state index in [1.165, 1.54) is 16.7 Å². The van der Waals surface area contributed by atoms with Crippen LogP contribution in [0.5, 0.6) is 0 Å². The van der Waals surface area contributed by atoms with Crippen molar-refractivity contribution in [1.29, 1.82) is 0 Å². The highest BCUT2D eigenvalue weighted by Crippen LogP contribution is 2.36. The molecule has 1 heteroatoms. The third kappa shape index (κ3) is 3.74. The molecule has 2 rings (SSSR count). The van der Waals surface area contributed by atoms with Gasteiger partial charge in [0.15, 0.2) is 0 Å². The van der Waals surface area contributed by atoms with Crippen molar-refractivity contribution in [1.82, 2.24) is 5.32 Å². The molecule has 0 spiro atoms. The number of aryl methyl sites for hydroxylation is 1. The Bertz CT molecular complexity index is 540. The summed E-state index contributed by atoms with van der Waals surface area (Å²) in [6.07, 6.45) is 1.15. The fourth-order valence-electron chi connectivity index (χ4n) is 2.87. The molecular weight excluding hydrogens is 254 g/mol. The van der Waals surface area contributed by atoms with E-state index in [0.29, 0.717) is 6.04 Å². The highest BCUT2D eigenvalue weighted by atomic mass is 14.9. The van der Waals surface area contributed by atoms with Gasteiger partial charge in [-0.1, -0.05) is 80.9 Å². The van der Waals surface area contributed by atoms with Crippen LogP contribution in [0.25, 0.3) is 0 Å². The van der Waals surface area contributed by atoms with Gasteiger partial charge in [-0.05, 0) is 31.0 Å². The van der Waals surface area contributed by atoms with Gasteiger partial charge in [-0.15, -0.1) is 0 Å². The summed E-state index contributed by atoms with van der Waals surface area (Å²) in [6.45, 7) is 10.1. The zero-order chi connectivity index (χ0) is 15.3. The van der Waals surface area contributed by atoms with Crippen molar-refractivity contribution >= 4 is 0 Å². The number of benzene rings is 2. The Morgan fingerprint density at radius 2 is 1.57 bits per heavy atom. The van der Waals surface area contributed by atoms with Crippen LogP contribution in [0.1, 0.15) is 49.9 Å². The summed E-state index contributed by atoms with van der Waals surface area (Å²) in [7, 11) is 0. The lowest BCUT2D eigenvalue weighted by Gasteiger charge is -2.36. The summed E-state index contributed by atoms with van der Waals surface area (Å²) >= 11 is 0. The largest absolute Gasteiger partial charge is 0.309 e. The summed E-state index contributed by atoms with van der Waals surface area (Å²) in [5.41, 5.74) is 4.10. The van der Waals surface area contributed by atoms with Gasteiger partial charge in [0.05, 0.1) is 0 Å². The van der Waals surface area contributed by atoms with E-state index in [0.717, 1.165) is 13.0 Å². The van der Waals surface area contributed by atoms with E-state index in [1.807, 2.05) is 0 Å². The van der Waals surface area contributed by atoms with Crippen LogP contribution in [0.3, 0.4) is 0 Å². The Morgan fingerprint density at radius 1 is 0.952 bits per heavy atom. The molecule has 1 unspecified atom stereocenters. The van der Waals surface area contributed by atoms with Gasteiger partial charge in [0.25, 0.3) is 0 Å². The molecule has 0 aromatic heterocycles. The lowest BCUT2D eigenvalue weighted by atomic mass is 9.74. The van der Waals surface area contributed by atoms with E-state index in [2.05, 4.69) is 87.6 Å². The van der Waals surface area contributed by atoms with Crippen LogP contribution in [0.15, 0.2) is 54.6 Å². The zero-order valence-corrected chi connectivity index (χ0v) is 13.7. The highest BCUT2D eigenvalue weighted by Gasteiger charge is 2.31. The van der Waals surface area contributed by atoms with Gasteiger partial charge in [-0.2, -0.15) is 0 Å². The maximum Gasteiger partial charge on any atom is 0.0412 e. The first-order valence-electron chi connectivity index (χ1n) is 7.91. The van der Waals surface area contributed by atoms with Gasteiger partial charge < -0.3 is 5.32 Å². The van der Waals surface area contributed by atoms with Crippen LogP contribution in [0.2, 0.25) is 0 Å². The highest BCUT2D eigenvalue weighted by molar-refractivity contribution is 5.33. The molecule has 0 aliphatic carbocycles. The van der Waals surface area contributed by atoms with Crippen molar-refractivity contribution in [2.75, 3.05) is 6.54 Å². The molecule has 2 aromatic carbocycles. The van der Waals surface area contributed by atoms with Crippen molar-refractivity contribution in [3.63, 3.8) is 0 Å². The molecule has 0 radical (unpaired) electrons. The van der Waals surface area contributed by atoms with Crippen LogP contribution >= 0.6 is 0 Å². The van der Waals surface area contributed by atoms with E-state index in [9.17, 15) is 0 Å². The van der Waals surface area contributed by atoms with E-state index in [1.54, 1.807) is 0 Å². The van der Waals surface area contributed by atoms with Crippen LogP contribution in [0, 0.1) is 6.92 Å². The molecule has 0 heterocycles. The van der Waals surface area contributed by atoms with E-state index >= 15 is 0 Å². The molecule has 112 valence electrons. The van der Waals surface area contributed by atoms with E-state index in [4.69, 9.17) is 0 Å². The first-order valence-corrected chi connectivity index (χ1v) is 7.91. The van der Waals surface area contributed by atoms with Crippen molar-refractivity contribution in [2.45, 2.75) is 45.6 Å². The van der Waals surface area contributed by atoms with Gasteiger partial charge in [0.1, 0.15) is 0 Å². The average Bonchev–Trinajstić information content (AvgIpc) is 2.50. The summed E-state index contributed by atoms with van der Waals surface area (Å²) in [5, 5.41) is 3.74. The van der Waals surface area contributed by atoms with Crippen LogP contribution < -0.4 is 5.32 Å². The molecule has 1 atom stereocenters. The normalized spacial score (nSPS) is 13.1. The summed E-state index contributed by atoms with van der Waals surface area (Å²) in [4.78, 5) is 0. The lowest BCUT2D eigenvalue weighted by Crippen LogP contribution is -2.37. The minimum Gasteiger partial charge on any atom is -0.309 e. The fourth-order valence-corrected chi connectivity index (χ4v) is 2.87. The van der Waals surface area contributed by atoms with Crippen molar-refractivity contribution in [3.05, 3.63) is 71.3 Å². The van der Waals surface area contributed by atoms with Gasteiger partial charge in [-0.25, -0.2) is 0 Å². The number of hydrogen-bond donors (Lipinski definition) is 1. The fraction of sp³-hybridized carbons (Fsp3) is 0.400. The molecule has 0 saturated carbocycles. The molecule has 0 fully saturated rings. The molecular formula is C20H27N. The summed E-state index contributed by atoms with van der Waals surface area (Å²) < 4.78 is 0. The van der Waals surface area contributed by atoms with Gasteiger partial charge in [-0.3, -0.25) is 0 Å². The average molecular weight is 281 g/mol. The second-order valence-electron chi connectivity index (χ2n) is 6.39. The van der Waals surface area contributed by atoms with Crippen molar-refractivity contribution < 1.29 is 0 Å². The molecule has 0 aliphatic rings. The monoisotopic (exact) mass is 281 g/mol. The first kappa shape index (κ1) is 15.8. The molecule has 1 nitrogen and oxygen atoms in total. The maximum absolute atomic E-state index is 3.74. The zero-order valence-electron chi connectivity index (χ0n) is 13.7. The van der Waals surface area contributed by atoms with Crippen LogP contribution in [0.4, 0.5) is 0 Å². The Labute approximate surface area is 129 Å². The van der Waals surface area contributed by atoms with Gasteiger partial charge in [0.2, 0.25) is 0 Å². The molecule has 0 aliphatic heterocycles. The smallest absolute Gasteiger partial charge is 0.0412 e. The standard InChI is InChI=1S/C20H27N/c1-5-15-21-19(17-13-11-16(2)12-14-17)20(3,4)18-9-7-6-8-10-18/h6-14,19,21H,5,15H2,1-4H3. The summed E-state index contributed by atoms with van der Waals surface area (Å²) in [6, 6.07) is 20.0. The Hall–Kier alpha value is -1.60. The molecule has 0 amide bonds. The third-order valence-electron chi connectivity index (χ3n) is 4.25. The van der Waals surface area contributed by atoms with Crippen LogP contribution in [-0.2, 0) is 5.41 Å². The quantitative estimate of drug-likeness (QED) is 0.784. The van der Waals surface area contributed by atoms with Gasteiger partial charge in [0, 0.05) is 11.5 Å². The SMILES string of the molecule is CCCNC(c1ccc(C)cc1)C(C)(C)c1ccccc1. The first-order chi connectivity index (χ1) is 10.1. The molecule has 0 saturated heterocycles. The molecule has 0 bridgehead atoms. The van der Waals surface area contributed by atoms with E-state index < -0.39 is 0 Å². The van der Waals surface area contributed by atoms with Gasteiger partial charge >= 0.3 is 0 Å². The van der Waals surface area contributed by atoms with E-state index in [-0.39, 0.29) is 5.41 Å². The predicted octanol–water partition coefficient (Wildman–Crippen LogP) is 5.01. The Balaban J connectivity index is 2.37. The Kier molecular flexibility index (Phi) is 5.19. The number of hydrogen-bond acceptors (Lipinski definition) is 1. The number of rotatable bonds is 6. The predicted molar refractivity (Wildman–Crippen MR) is 91.7 cm³/mol. The minimum absolute atomic E-state index is 0.0473. The topological polar surface area (TPSA) is 12.0 Å². The molecule has 2 aromatic rings. The number of nitrogens with one attached hydrogen (secondary N) is 1.